The SMILES string of the molecule is COC(=O)NC(C(=O)N1CC2(CC2)CC1c1ncc(C2C=CC3=C(C2C)C(F)(F)c2cc(-c4ccc5nc(C6C7CCC(C7)N6C(=O)C(NC(=O)OC)C(C)C)[nH]c5c4)ccc23)[nH]1)C(C)C. The number of carbonyl (C=O) groups excluding carboxylic acids is 4. The van der Waals surface area contributed by atoms with Crippen molar-refractivity contribution in [2.75, 3.05) is 20.8 Å². The summed E-state index contributed by atoms with van der Waals surface area (Å²) in [6.07, 6.45) is 9.66. The maximum Gasteiger partial charge on any atom is 0.407 e. The topological polar surface area (TPSA) is 175 Å². The van der Waals surface area contributed by atoms with Crippen LogP contribution in [0.25, 0.3) is 27.7 Å². The molecule has 2 saturated heterocycles. The van der Waals surface area contributed by atoms with E-state index >= 15 is 8.78 Å². The number of amides is 4. The van der Waals surface area contributed by atoms with Gasteiger partial charge in [0.05, 0.1) is 37.3 Å². The number of allylic oxidation sites excluding steroid dienone is 4. The Hall–Kier alpha value is -6.06. The Bertz CT molecular complexity index is 2700. The molecule has 4 aromatic rings. The number of nitrogens with one attached hydrogen (secondary N) is 4. The van der Waals surface area contributed by atoms with Gasteiger partial charge in [0.25, 0.3) is 5.92 Å². The van der Waals surface area contributed by atoms with Crippen molar-refractivity contribution in [3.05, 3.63) is 88.8 Å². The minimum Gasteiger partial charge on any atom is -0.453 e. The first-order valence-corrected chi connectivity index (χ1v) is 23.3. The number of halogens is 2. The fourth-order valence-corrected chi connectivity index (χ4v) is 11.8. The highest BCUT2D eigenvalue weighted by molar-refractivity contribution is 5.90. The van der Waals surface area contributed by atoms with Crippen molar-refractivity contribution < 1.29 is 37.4 Å². The van der Waals surface area contributed by atoms with Gasteiger partial charge in [0, 0.05) is 41.5 Å². The molecule has 8 atom stereocenters. The summed E-state index contributed by atoms with van der Waals surface area (Å²) in [5.41, 5.74) is 4.64. The molecule has 2 aromatic heterocycles. The Labute approximate surface area is 382 Å². The third-order valence-electron chi connectivity index (χ3n) is 15.5. The quantitative estimate of drug-likeness (QED) is 0.122. The summed E-state index contributed by atoms with van der Waals surface area (Å²) in [6.45, 7) is 9.96. The molecule has 4 N–H and O–H groups in total. The van der Waals surface area contributed by atoms with Gasteiger partial charge in [-0.1, -0.05) is 65.0 Å². The van der Waals surface area contributed by atoms with E-state index in [9.17, 15) is 19.2 Å². The van der Waals surface area contributed by atoms with Crippen molar-refractivity contribution in [2.45, 2.75) is 115 Å². The molecule has 2 saturated carbocycles. The summed E-state index contributed by atoms with van der Waals surface area (Å²) in [5, 5.41) is 5.45. The number of benzene rings is 2. The van der Waals surface area contributed by atoms with Crippen LogP contribution >= 0.6 is 0 Å². The van der Waals surface area contributed by atoms with Crippen molar-refractivity contribution in [3.63, 3.8) is 0 Å². The second kappa shape index (κ2) is 16.1. The molecule has 16 heteroatoms. The molecule has 8 unspecified atom stereocenters. The molecule has 14 nitrogen and oxygen atoms in total. The van der Waals surface area contributed by atoms with E-state index in [0.29, 0.717) is 46.1 Å². The van der Waals surface area contributed by atoms with Gasteiger partial charge in [0.15, 0.2) is 0 Å². The summed E-state index contributed by atoms with van der Waals surface area (Å²) in [7, 11) is 2.55. The number of hydrogen-bond acceptors (Lipinski definition) is 8. The van der Waals surface area contributed by atoms with E-state index in [0.717, 1.165) is 49.6 Å². The zero-order valence-electron chi connectivity index (χ0n) is 38.4. The van der Waals surface area contributed by atoms with Crippen LogP contribution in [-0.4, -0.2) is 92.6 Å². The first-order valence-electron chi connectivity index (χ1n) is 23.3. The Morgan fingerprint density at radius 3 is 2.24 bits per heavy atom. The highest BCUT2D eigenvalue weighted by Crippen LogP contribution is 2.60. The molecule has 0 radical (unpaired) electrons. The molecule has 4 amide bonds. The summed E-state index contributed by atoms with van der Waals surface area (Å²) in [4.78, 5) is 73.0. The molecule has 2 bridgehead atoms. The number of carbonyl (C=O) groups is 4. The first kappa shape index (κ1) is 43.8. The summed E-state index contributed by atoms with van der Waals surface area (Å²) in [5.74, 6) is -3.39. The van der Waals surface area contributed by atoms with E-state index in [4.69, 9.17) is 19.4 Å². The highest BCUT2D eigenvalue weighted by Gasteiger charge is 2.56. The molecule has 4 fully saturated rings. The van der Waals surface area contributed by atoms with Crippen LogP contribution in [0.1, 0.15) is 120 Å². The molecule has 1 spiro atoms. The molecule has 10 rings (SSSR count). The third-order valence-corrected chi connectivity index (χ3v) is 15.5. The van der Waals surface area contributed by atoms with Crippen molar-refractivity contribution >= 4 is 40.6 Å². The van der Waals surface area contributed by atoms with E-state index in [1.165, 1.54) is 14.2 Å². The second-order valence-corrected chi connectivity index (χ2v) is 20.2. The van der Waals surface area contributed by atoms with Gasteiger partial charge in [0.2, 0.25) is 11.8 Å². The normalized spacial score (nSPS) is 26.3. The number of piperidine rings is 1. The van der Waals surface area contributed by atoms with Crippen LogP contribution in [0.4, 0.5) is 18.4 Å². The molecule has 4 aliphatic carbocycles. The zero-order chi connectivity index (χ0) is 46.6. The highest BCUT2D eigenvalue weighted by atomic mass is 19.3. The Morgan fingerprint density at radius 2 is 1.56 bits per heavy atom. The fourth-order valence-electron chi connectivity index (χ4n) is 11.8. The molecule has 2 aliphatic heterocycles. The largest absolute Gasteiger partial charge is 0.453 e. The zero-order valence-corrected chi connectivity index (χ0v) is 38.4. The number of aromatic amines is 2. The number of alkyl halides is 2. The minimum atomic E-state index is -3.24. The second-order valence-electron chi connectivity index (χ2n) is 20.2. The summed E-state index contributed by atoms with van der Waals surface area (Å²) in [6, 6.07) is 8.89. The van der Waals surface area contributed by atoms with E-state index in [1.807, 2.05) is 80.8 Å². The fraction of sp³-hybridized carbons (Fsp3) is 0.520. The lowest BCUT2D eigenvalue weighted by Gasteiger charge is -2.37. The number of hydrogen-bond donors (Lipinski definition) is 4. The van der Waals surface area contributed by atoms with Crippen LogP contribution in [-0.2, 0) is 25.0 Å². The molecule has 4 heterocycles. The van der Waals surface area contributed by atoms with Gasteiger partial charge in [-0.2, -0.15) is 8.78 Å². The lowest BCUT2D eigenvalue weighted by molar-refractivity contribution is -0.139. The van der Waals surface area contributed by atoms with Crippen molar-refractivity contribution in [2.24, 2.45) is 29.1 Å². The lowest BCUT2D eigenvalue weighted by atomic mass is 9.78. The number of ether oxygens (including phenoxy) is 2. The van der Waals surface area contributed by atoms with Crippen molar-refractivity contribution in [3.8, 4) is 11.1 Å². The number of nitrogens with zero attached hydrogens (tertiary/aromatic N) is 4. The molecular weight excluding hydrogens is 847 g/mol. The van der Waals surface area contributed by atoms with Gasteiger partial charge in [-0.05, 0) is 108 Å². The number of methoxy groups -OCH3 is 2. The third kappa shape index (κ3) is 7.16. The number of alkyl carbamates (subject to hydrolysis) is 2. The molecule has 348 valence electrons. The summed E-state index contributed by atoms with van der Waals surface area (Å²) >= 11 is 0. The van der Waals surface area contributed by atoms with Crippen LogP contribution in [0.3, 0.4) is 0 Å². The van der Waals surface area contributed by atoms with Crippen molar-refractivity contribution in [1.82, 2.24) is 40.4 Å². The van der Waals surface area contributed by atoms with Crippen molar-refractivity contribution in [1.29, 1.82) is 0 Å². The van der Waals surface area contributed by atoms with Crippen LogP contribution in [0.5, 0.6) is 0 Å². The maximum absolute atomic E-state index is 17.0. The van der Waals surface area contributed by atoms with Gasteiger partial charge in [-0.15, -0.1) is 0 Å². The molecule has 66 heavy (non-hydrogen) atoms. The predicted molar refractivity (Wildman–Crippen MR) is 242 cm³/mol. The Kier molecular flexibility index (Phi) is 10.7. The van der Waals surface area contributed by atoms with Crippen LogP contribution in [0.2, 0.25) is 0 Å². The van der Waals surface area contributed by atoms with Gasteiger partial charge in [0.1, 0.15) is 23.7 Å². The number of H-pyrrole nitrogens is 2. The van der Waals surface area contributed by atoms with Crippen LogP contribution in [0, 0.1) is 29.1 Å². The monoisotopic (exact) mass is 904 g/mol. The lowest BCUT2D eigenvalue weighted by Crippen LogP contribution is -2.54. The van der Waals surface area contributed by atoms with Gasteiger partial charge in [-0.3, -0.25) is 9.59 Å². The summed E-state index contributed by atoms with van der Waals surface area (Å²) < 4.78 is 43.6. The van der Waals surface area contributed by atoms with E-state index in [-0.39, 0.29) is 64.2 Å². The standard InChI is InChI=1S/C50H58F2N8O6/c1-24(2)40(57-47(63)65-6)45(61)59-23-49(16-17-49)21-38(59)43-53-22-37(56-43)31-13-14-33-32-12-9-27(19-34(32)50(51,52)39(33)26(31)5)28-10-15-35-36(20-28)55-44(54-35)42-29-8-11-30(18-29)60(42)46(62)41(25(3)4)58-48(64)66-7/h9-10,12-15,19-20,22,24-26,29-31,38,40-42H,8,11,16-18,21,23H2,1-7H3,(H,53,56)(H,54,55)(H,57,63)(H,58,64). The number of likely N-dealkylation sites (tertiary alicyclic amines) is 2. The average Bonchev–Trinajstić information content (AvgIpc) is 3.95. The first-order chi connectivity index (χ1) is 31.5. The maximum atomic E-state index is 17.0. The number of rotatable bonds is 10. The van der Waals surface area contributed by atoms with Gasteiger partial charge < -0.3 is 39.9 Å². The van der Waals surface area contributed by atoms with E-state index in [2.05, 4.69) is 20.6 Å². The number of fused-ring (bicyclic) bond motifs is 5. The van der Waals surface area contributed by atoms with Gasteiger partial charge in [-0.25, -0.2) is 19.6 Å². The average molecular weight is 905 g/mol. The minimum absolute atomic E-state index is 0.0181. The number of aromatic nitrogens is 4. The number of imidazole rings is 2. The smallest absolute Gasteiger partial charge is 0.407 e. The molecule has 6 aliphatic rings. The predicted octanol–water partition coefficient (Wildman–Crippen LogP) is 8.67. The molecular formula is C50H58F2N8O6. The van der Waals surface area contributed by atoms with E-state index < -0.39 is 42.0 Å². The van der Waals surface area contributed by atoms with Crippen LogP contribution < -0.4 is 10.6 Å². The Morgan fingerprint density at radius 1 is 0.879 bits per heavy atom. The molecule has 2 aromatic carbocycles. The van der Waals surface area contributed by atoms with E-state index in [1.54, 1.807) is 18.3 Å². The Balaban J connectivity index is 0.880. The van der Waals surface area contributed by atoms with Crippen LogP contribution in [0.15, 0.2) is 60.3 Å². The van der Waals surface area contributed by atoms with Gasteiger partial charge >= 0.3 is 12.2 Å².